The van der Waals surface area contributed by atoms with E-state index in [0.29, 0.717) is 0 Å². The number of alkyl halides is 3. The Balaban J connectivity index is 3.40. The summed E-state index contributed by atoms with van der Waals surface area (Å²) in [6.07, 6.45) is -4.79. The van der Waals surface area contributed by atoms with Crippen LogP contribution in [-0.4, -0.2) is 19.8 Å². The zero-order chi connectivity index (χ0) is 13.4. The molecule has 0 aliphatic carbocycles. The van der Waals surface area contributed by atoms with Gasteiger partial charge in [-0.2, -0.15) is 0 Å². The van der Waals surface area contributed by atoms with Crippen LogP contribution in [0.2, 0.25) is 0 Å². The number of hydrogen-bond acceptors (Lipinski definition) is 4. The lowest BCUT2D eigenvalue weighted by molar-refractivity contribution is -0.276. The molecule has 1 aromatic rings. The molecule has 0 atom stereocenters. The van der Waals surface area contributed by atoms with E-state index >= 15 is 0 Å². The smallest absolute Gasteiger partial charge is 0.388 e. The average molecular weight is 294 g/mol. The van der Waals surface area contributed by atoms with Crippen molar-refractivity contribution in [2.24, 2.45) is 0 Å². The lowest BCUT2D eigenvalue weighted by atomic mass is 10.3. The van der Waals surface area contributed by atoms with Crippen molar-refractivity contribution >= 4 is 19.7 Å². The SMILES string of the molecule is Cc1c(OC(F)(F)F)ncc(F)c1S(=O)(=O)Cl. The van der Waals surface area contributed by atoms with Gasteiger partial charge in [-0.15, -0.1) is 13.2 Å². The second kappa shape index (κ2) is 4.30. The lowest BCUT2D eigenvalue weighted by Gasteiger charge is -2.12. The highest BCUT2D eigenvalue weighted by atomic mass is 35.7. The van der Waals surface area contributed by atoms with Crippen LogP contribution in [0.1, 0.15) is 5.56 Å². The number of ether oxygens (including phenoxy) is 1. The molecule has 0 amide bonds. The number of pyridine rings is 1. The molecule has 1 rings (SSSR count). The molecule has 0 saturated carbocycles. The zero-order valence-corrected chi connectivity index (χ0v) is 9.62. The molecule has 10 heteroatoms. The predicted molar refractivity (Wildman–Crippen MR) is 48.7 cm³/mol. The Morgan fingerprint density at radius 3 is 2.35 bits per heavy atom. The monoisotopic (exact) mass is 293 g/mol. The molecule has 17 heavy (non-hydrogen) atoms. The van der Waals surface area contributed by atoms with Gasteiger partial charge in [0, 0.05) is 16.2 Å². The van der Waals surface area contributed by atoms with Gasteiger partial charge in [-0.25, -0.2) is 17.8 Å². The zero-order valence-electron chi connectivity index (χ0n) is 8.05. The first kappa shape index (κ1) is 14.0. The first-order valence-corrected chi connectivity index (χ1v) is 6.19. The van der Waals surface area contributed by atoms with Gasteiger partial charge in [0.05, 0.1) is 6.20 Å². The molecule has 0 bridgehead atoms. The van der Waals surface area contributed by atoms with E-state index in [-0.39, 0.29) is 6.20 Å². The van der Waals surface area contributed by atoms with Gasteiger partial charge >= 0.3 is 6.36 Å². The van der Waals surface area contributed by atoms with Gasteiger partial charge in [-0.1, -0.05) is 0 Å². The van der Waals surface area contributed by atoms with Crippen LogP contribution in [0.15, 0.2) is 11.1 Å². The number of aromatic nitrogens is 1. The third kappa shape index (κ3) is 3.43. The predicted octanol–water partition coefficient (Wildman–Crippen LogP) is 2.36. The summed E-state index contributed by atoms with van der Waals surface area (Å²) in [6.45, 7) is 0.895. The minimum Gasteiger partial charge on any atom is -0.388 e. The molecule has 0 aliphatic rings. The van der Waals surface area contributed by atoms with Crippen molar-refractivity contribution in [3.05, 3.63) is 17.6 Å². The topological polar surface area (TPSA) is 56.3 Å². The van der Waals surface area contributed by atoms with Gasteiger partial charge in [0.1, 0.15) is 4.90 Å². The highest BCUT2D eigenvalue weighted by molar-refractivity contribution is 8.13. The van der Waals surface area contributed by atoms with Crippen LogP contribution < -0.4 is 4.74 Å². The highest BCUT2D eigenvalue weighted by Gasteiger charge is 2.34. The summed E-state index contributed by atoms with van der Waals surface area (Å²) in [5.74, 6) is -2.43. The third-order valence-electron chi connectivity index (χ3n) is 1.63. The molecule has 1 heterocycles. The van der Waals surface area contributed by atoms with Gasteiger partial charge < -0.3 is 4.74 Å². The van der Waals surface area contributed by atoms with Crippen LogP contribution in [-0.2, 0) is 9.05 Å². The minimum atomic E-state index is -5.07. The summed E-state index contributed by atoms with van der Waals surface area (Å²) in [5, 5.41) is 0. The van der Waals surface area contributed by atoms with Crippen molar-refractivity contribution in [1.82, 2.24) is 4.98 Å². The van der Waals surface area contributed by atoms with Crippen molar-refractivity contribution in [3.8, 4) is 5.88 Å². The van der Waals surface area contributed by atoms with Crippen LogP contribution in [0.25, 0.3) is 0 Å². The molecular formula is C7H4ClF4NO3S. The van der Waals surface area contributed by atoms with E-state index in [9.17, 15) is 26.0 Å². The fourth-order valence-electron chi connectivity index (χ4n) is 1.06. The largest absolute Gasteiger partial charge is 0.574 e. The van der Waals surface area contributed by atoms with Crippen LogP contribution in [0.3, 0.4) is 0 Å². The van der Waals surface area contributed by atoms with Crippen molar-refractivity contribution in [3.63, 3.8) is 0 Å². The third-order valence-corrected chi connectivity index (χ3v) is 3.08. The van der Waals surface area contributed by atoms with E-state index in [1.165, 1.54) is 0 Å². The van der Waals surface area contributed by atoms with Crippen molar-refractivity contribution in [2.45, 2.75) is 18.2 Å². The Hall–Kier alpha value is -1.09. The van der Waals surface area contributed by atoms with Gasteiger partial charge in [0.2, 0.25) is 5.88 Å². The second-order valence-electron chi connectivity index (χ2n) is 2.85. The van der Waals surface area contributed by atoms with Crippen LogP contribution in [0, 0.1) is 12.7 Å². The second-order valence-corrected chi connectivity index (χ2v) is 5.35. The maximum atomic E-state index is 13.1. The maximum absolute atomic E-state index is 13.1. The Kier molecular flexibility index (Phi) is 3.53. The Morgan fingerprint density at radius 1 is 1.41 bits per heavy atom. The average Bonchev–Trinajstić information content (AvgIpc) is 2.06. The summed E-state index contributed by atoms with van der Waals surface area (Å²) in [5.41, 5.74) is -0.655. The van der Waals surface area contributed by atoms with E-state index in [4.69, 9.17) is 10.7 Å². The van der Waals surface area contributed by atoms with Crippen LogP contribution in [0.5, 0.6) is 5.88 Å². The van der Waals surface area contributed by atoms with E-state index in [1.54, 1.807) is 0 Å². The Bertz CT molecular complexity index is 543. The standard InChI is InChI=1S/C7H4ClF4NO3S/c1-3-5(17(8,14)15)4(9)2-13-6(3)16-7(10,11)12/h2H,1H3. The number of halogens is 5. The first-order chi connectivity index (χ1) is 7.52. The van der Waals surface area contributed by atoms with E-state index in [2.05, 4.69) is 9.72 Å². The maximum Gasteiger partial charge on any atom is 0.574 e. The normalized spacial score (nSPS) is 12.6. The van der Waals surface area contributed by atoms with Gasteiger partial charge in [-0.05, 0) is 6.92 Å². The van der Waals surface area contributed by atoms with Crippen LogP contribution in [0.4, 0.5) is 17.6 Å². The van der Waals surface area contributed by atoms with E-state index < -0.39 is 37.6 Å². The lowest BCUT2D eigenvalue weighted by Crippen LogP contribution is -2.19. The highest BCUT2D eigenvalue weighted by Crippen LogP contribution is 2.31. The Morgan fingerprint density at radius 2 is 1.94 bits per heavy atom. The van der Waals surface area contributed by atoms with Gasteiger partial charge in [0.15, 0.2) is 5.82 Å². The quantitative estimate of drug-likeness (QED) is 0.620. The number of hydrogen-bond donors (Lipinski definition) is 0. The molecule has 0 unspecified atom stereocenters. The van der Waals surface area contributed by atoms with Crippen molar-refractivity contribution in [2.75, 3.05) is 0 Å². The molecule has 0 aromatic carbocycles. The fraction of sp³-hybridized carbons (Fsp3) is 0.286. The number of nitrogens with zero attached hydrogens (tertiary/aromatic N) is 1. The van der Waals surface area contributed by atoms with Gasteiger partial charge in [0.25, 0.3) is 9.05 Å². The minimum absolute atomic E-state index is 0.281. The summed E-state index contributed by atoms with van der Waals surface area (Å²) in [7, 11) is 0.348. The fourth-order valence-corrected chi connectivity index (χ4v) is 2.37. The molecule has 96 valence electrons. The van der Waals surface area contributed by atoms with Crippen LogP contribution >= 0.6 is 10.7 Å². The van der Waals surface area contributed by atoms with Gasteiger partial charge in [-0.3, -0.25) is 0 Å². The number of rotatable bonds is 2. The molecule has 0 saturated heterocycles. The van der Waals surface area contributed by atoms with Crippen molar-refractivity contribution < 1.29 is 30.7 Å². The summed E-state index contributed by atoms with van der Waals surface area (Å²) in [4.78, 5) is 1.91. The molecule has 0 spiro atoms. The molecular weight excluding hydrogens is 290 g/mol. The molecule has 0 N–H and O–H groups in total. The molecule has 1 aromatic heterocycles. The van der Waals surface area contributed by atoms with Crippen molar-refractivity contribution in [1.29, 1.82) is 0 Å². The molecule has 0 fully saturated rings. The van der Waals surface area contributed by atoms with E-state index in [1.807, 2.05) is 0 Å². The summed E-state index contributed by atoms with van der Waals surface area (Å²) in [6, 6.07) is 0. The summed E-state index contributed by atoms with van der Waals surface area (Å²) < 4.78 is 74.2. The Labute approximate surface area is 97.6 Å². The van der Waals surface area contributed by atoms with E-state index in [0.717, 1.165) is 6.92 Å². The summed E-state index contributed by atoms with van der Waals surface area (Å²) >= 11 is 0. The molecule has 0 radical (unpaired) electrons. The molecule has 4 nitrogen and oxygen atoms in total. The first-order valence-electron chi connectivity index (χ1n) is 3.88. The molecule has 0 aliphatic heterocycles.